The summed E-state index contributed by atoms with van der Waals surface area (Å²) in [4.78, 5) is 12.4. The van der Waals surface area contributed by atoms with Gasteiger partial charge in [-0.05, 0) is 42.2 Å². The zero-order valence-electron chi connectivity index (χ0n) is 14.4. The quantitative estimate of drug-likeness (QED) is 0.734. The number of anilines is 1. The number of hydrogen-bond acceptors (Lipinski definition) is 5. The van der Waals surface area contributed by atoms with E-state index in [2.05, 4.69) is 27.6 Å². The van der Waals surface area contributed by atoms with Gasteiger partial charge in [-0.25, -0.2) is 0 Å². The van der Waals surface area contributed by atoms with Crippen molar-refractivity contribution in [1.82, 2.24) is 10.2 Å². The molecule has 1 aliphatic carbocycles. The molecule has 2 unspecified atom stereocenters. The SMILES string of the molecule is Cc1nnc(COc2ccc(NC(=O)C3CC3c3ccccc3)cc2)o1. The van der Waals surface area contributed by atoms with Crippen molar-refractivity contribution >= 4 is 11.6 Å². The third-order valence-corrected chi connectivity index (χ3v) is 4.41. The lowest BCUT2D eigenvalue weighted by molar-refractivity contribution is -0.117. The van der Waals surface area contributed by atoms with Crippen LogP contribution in [0.15, 0.2) is 59.0 Å². The van der Waals surface area contributed by atoms with E-state index in [1.54, 1.807) is 19.1 Å². The number of amides is 1. The predicted molar refractivity (Wildman–Crippen MR) is 95.7 cm³/mol. The van der Waals surface area contributed by atoms with Gasteiger partial charge in [-0.2, -0.15) is 0 Å². The van der Waals surface area contributed by atoms with E-state index in [-0.39, 0.29) is 18.4 Å². The second-order valence-corrected chi connectivity index (χ2v) is 6.38. The summed E-state index contributed by atoms with van der Waals surface area (Å²) in [6.07, 6.45) is 0.903. The Balaban J connectivity index is 1.29. The molecule has 4 rings (SSSR count). The number of aryl methyl sites for hydroxylation is 1. The van der Waals surface area contributed by atoms with Crippen LogP contribution in [0.25, 0.3) is 0 Å². The van der Waals surface area contributed by atoms with Crippen molar-refractivity contribution < 1.29 is 13.9 Å². The van der Waals surface area contributed by atoms with Gasteiger partial charge in [0.05, 0.1) is 0 Å². The van der Waals surface area contributed by atoms with Crippen molar-refractivity contribution in [2.75, 3.05) is 5.32 Å². The molecule has 1 aromatic heterocycles. The molecule has 2 atom stereocenters. The van der Waals surface area contributed by atoms with E-state index >= 15 is 0 Å². The lowest BCUT2D eigenvalue weighted by Crippen LogP contribution is -2.14. The third kappa shape index (κ3) is 3.74. The highest BCUT2D eigenvalue weighted by Gasteiger charge is 2.43. The molecular formula is C20H19N3O3. The third-order valence-electron chi connectivity index (χ3n) is 4.41. The minimum atomic E-state index is 0.0501. The number of benzene rings is 2. The lowest BCUT2D eigenvalue weighted by Gasteiger charge is -2.07. The summed E-state index contributed by atoms with van der Waals surface area (Å²) in [5.74, 6) is 2.06. The van der Waals surface area contributed by atoms with Crippen molar-refractivity contribution in [2.24, 2.45) is 5.92 Å². The average Bonchev–Trinajstić information content (AvgIpc) is 3.37. The van der Waals surface area contributed by atoms with Gasteiger partial charge in [0.15, 0.2) is 6.61 Å². The van der Waals surface area contributed by atoms with Crippen molar-refractivity contribution in [3.05, 3.63) is 71.9 Å². The molecule has 6 heteroatoms. The van der Waals surface area contributed by atoms with Crippen LogP contribution in [0.3, 0.4) is 0 Å². The summed E-state index contributed by atoms with van der Waals surface area (Å²) in [5, 5.41) is 10.6. The zero-order chi connectivity index (χ0) is 17.9. The molecule has 1 heterocycles. The highest BCUT2D eigenvalue weighted by Crippen LogP contribution is 2.47. The Labute approximate surface area is 151 Å². The molecule has 0 aliphatic heterocycles. The molecule has 1 N–H and O–H groups in total. The fraction of sp³-hybridized carbons (Fsp3) is 0.250. The van der Waals surface area contributed by atoms with Gasteiger partial charge < -0.3 is 14.5 Å². The van der Waals surface area contributed by atoms with Gasteiger partial charge in [0, 0.05) is 18.5 Å². The maximum Gasteiger partial charge on any atom is 0.253 e. The molecule has 1 saturated carbocycles. The minimum Gasteiger partial charge on any atom is -0.484 e. The van der Waals surface area contributed by atoms with Crippen LogP contribution in [0.1, 0.15) is 29.7 Å². The Morgan fingerprint density at radius 3 is 2.62 bits per heavy atom. The summed E-state index contributed by atoms with van der Waals surface area (Å²) in [6.45, 7) is 1.95. The first-order valence-electron chi connectivity index (χ1n) is 8.57. The number of carbonyl (C=O) groups excluding carboxylic acids is 1. The number of aromatic nitrogens is 2. The minimum absolute atomic E-state index is 0.0501. The Hall–Kier alpha value is -3.15. The molecule has 2 aromatic carbocycles. The monoisotopic (exact) mass is 349 g/mol. The van der Waals surface area contributed by atoms with Crippen LogP contribution in [0.4, 0.5) is 5.69 Å². The first-order chi connectivity index (χ1) is 12.7. The van der Waals surface area contributed by atoms with Gasteiger partial charge >= 0.3 is 0 Å². The van der Waals surface area contributed by atoms with Crippen LogP contribution in [0.5, 0.6) is 5.75 Å². The number of ether oxygens (including phenoxy) is 1. The smallest absolute Gasteiger partial charge is 0.253 e. The molecule has 0 bridgehead atoms. The van der Waals surface area contributed by atoms with Crippen LogP contribution < -0.4 is 10.1 Å². The number of rotatable bonds is 6. The summed E-state index contributed by atoms with van der Waals surface area (Å²) in [5.41, 5.74) is 1.99. The van der Waals surface area contributed by atoms with Gasteiger partial charge in [-0.3, -0.25) is 4.79 Å². The first-order valence-corrected chi connectivity index (χ1v) is 8.57. The van der Waals surface area contributed by atoms with Crippen LogP contribution in [0.2, 0.25) is 0 Å². The molecule has 1 aliphatic rings. The second-order valence-electron chi connectivity index (χ2n) is 6.38. The Bertz CT molecular complexity index is 890. The Morgan fingerprint density at radius 1 is 1.15 bits per heavy atom. The number of nitrogens with one attached hydrogen (secondary N) is 1. The maximum absolute atomic E-state index is 12.4. The summed E-state index contributed by atoms with van der Waals surface area (Å²) in [7, 11) is 0. The maximum atomic E-state index is 12.4. The van der Waals surface area contributed by atoms with Crippen LogP contribution in [-0.4, -0.2) is 16.1 Å². The molecule has 3 aromatic rings. The fourth-order valence-electron chi connectivity index (χ4n) is 2.96. The normalized spacial score (nSPS) is 18.3. The van der Waals surface area contributed by atoms with E-state index < -0.39 is 0 Å². The van der Waals surface area contributed by atoms with Crippen LogP contribution in [-0.2, 0) is 11.4 Å². The molecule has 0 radical (unpaired) electrons. The average molecular weight is 349 g/mol. The summed E-state index contributed by atoms with van der Waals surface area (Å²) in [6, 6.07) is 17.4. The molecule has 26 heavy (non-hydrogen) atoms. The van der Waals surface area contributed by atoms with Gasteiger partial charge in [0.25, 0.3) is 5.89 Å². The van der Waals surface area contributed by atoms with Crippen molar-refractivity contribution in [2.45, 2.75) is 25.9 Å². The summed E-state index contributed by atoms with van der Waals surface area (Å²) >= 11 is 0. The van der Waals surface area contributed by atoms with Gasteiger partial charge in [0.2, 0.25) is 11.8 Å². The largest absolute Gasteiger partial charge is 0.484 e. The summed E-state index contributed by atoms with van der Waals surface area (Å²) < 4.78 is 10.8. The van der Waals surface area contributed by atoms with Crippen molar-refractivity contribution in [3.63, 3.8) is 0 Å². The topological polar surface area (TPSA) is 77.3 Å². The van der Waals surface area contributed by atoms with E-state index in [0.29, 0.717) is 23.4 Å². The molecule has 132 valence electrons. The van der Waals surface area contributed by atoms with Crippen LogP contribution >= 0.6 is 0 Å². The van der Waals surface area contributed by atoms with Crippen molar-refractivity contribution in [3.8, 4) is 5.75 Å². The molecule has 0 saturated heterocycles. The van der Waals surface area contributed by atoms with Crippen molar-refractivity contribution in [1.29, 1.82) is 0 Å². The van der Waals surface area contributed by atoms with E-state index in [4.69, 9.17) is 9.15 Å². The van der Waals surface area contributed by atoms with E-state index in [1.807, 2.05) is 30.3 Å². The number of nitrogens with zero attached hydrogens (tertiary/aromatic N) is 2. The molecule has 6 nitrogen and oxygen atoms in total. The molecule has 0 spiro atoms. The standard InChI is InChI=1S/C20H19N3O3/c1-13-22-23-19(26-13)12-25-16-9-7-15(8-10-16)21-20(24)18-11-17(18)14-5-3-2-4-6-14/h2-10,17-18H,11-12H2,1H3,(H,21,24). The zero-order valence-corrected chi connectivity index (χ0v) is 14.4. The van der Waals surface area contributed by atoms with Gasteiger partial charge in [0.1, 0.15) is 5.75 Å². The number of hydrogen-bond donors (Lipinski definition) is 1. The predicted octanol–water partition coefficient (Wildman–Crippen LogP) is 3.70. The molecule has 1 amide bonds. The van der Waals surface area contributed by atoms with E-state index in [0.717, 1.165) is 12.1 Å². The Kier molecular flexibility index (Phi) is 4.39. The highest BCUT2D eigenvalue weighted by atomic mass is 16.5. The second kappa shape index (κ2) is 7.00. The van der Waals surface area contributed by atoms with Gasteiger partial charge in [-0.15, -0.1) is 10.2 Å². The fourth-order valence-corrected chi connectivity index (χ4v) is 2.96. The lowest BCUT2D eigenvalue weighted by atomic mass is 10.1. The van der Waals surface area contributed by atoms with Crippen LogP contribution in [0, 0.1) is 12.8 Å². The molecular weight excluding hydrogens is 330 g/mol. The van der Waals surface area contributed by atoms with E-state index in [1.165, 1.54) is 5.56 Å². The first kappa shape index (κ1) is 16.3. The van der Waals surface area contributed by atoms with Gasteiger partial charge in [-0.1, -0.05) is 30.3 Å². The highest BCUT2D eigenvalue weighted by molar-refractivity contribution is 5.95. The van der Waals surface area contributed by atoms with E-state index in [9.17, 15) is 4.79 Å². The Morgan fingerprint density at radius 2 is 1.92 bits per heavy atom. The molecule has 1 fully saturated rings. The number of carbonyl (C=O) groups is 1.